The molecule has 1 atom stereocenters. The van der Waals surface area contributed by atoms with E-state index in [0.29, 0.717) is 11.5 Å². The Balaban J connectivity index is 2.23. The van der Waals surface area contributed by atoms with Gasteiger partial charge in [0, 0.05) is 12.1 Å². The van der Waals surface area contributed by atoms with Crippen molar-refractivity contribution < 1.29 is 17.9 Å². The number of nitrogens with one attached hydrogen (secondary N) is 1. The zero-order valence-corrected chi connectivity index (χ0v) is 17.0. The van der Waals surface area contributed by atoms with Crippen molar-refractivity contribution in [2.24, 2.45) is 0 Å². The summed E-state index contributed by atoms with van der Waals surface area (Å²) in [6.45, 7) is 8.26. The Morgan fingerprint density at radius 3 is 2.00 bits per heavy atom. The molecule has 2 aromatic carbocycles. The highest BCUT2D eigenvalue weighted by molar-refractivity contribution is 7.89. The van der Waals surface area contributed by atoms with Gasteiger partial charge in [-0.1, -0.05) is 45.0 Å². The average Bonchev–Trinajstić information content (AvgIpc) is 2.60. The molecule has 26 heavy (non-hydrogen) atoms. The van der Waals surface area contributed by atoms with Crippen LogP contribution >= 0.6 is 0 Å². The molecule has 1 N–H and O–H groups in total. The molecule has 0 saturated carbocycles. The monoisotopic (exact) mass is 377 g/mol. The van der Waals surface area contributed by atoms with Crippen LogP contribution in [-0.2, 0) is 15.4 Å². The number of rotatable bonds is 6. The molecule has 2 aromatic rings. The van der Waals surface area contributed by atoms with E-state index in [9.17, 15) is 8.42 Å². The summed E-state index contributed by atoms with van der Waals surface area (Å²) in [5.74, 6) is 0.856. The van der Waals surface area contributed by atoms with Crippen LogP contribution in [0.5, 0.6) is 11.5 Å². The molecule has 0 aliphatic rings. The van der Waals surface area contributed by atoms with E-state index >= 15 is 0 Å². The first-order chi connectivity index (χ1) is 12.1. The number of ether oxygens (including phenoxy) is 2. The highest BCUT2D eigenvalue weighted by atomic mass is 32.2. The van der Waals surface area contributed by atoms with Gasteiger partial charge >= 0.3 is 0 Å². The van der Waals surface area contributed by atoms with Gasteiger partial charge in [-0.15, -0.1) is 0 Å². The van der Waals surface area contributed by atoms with Crippen molar-refractivity contribution in [2.45, 2.75) is 44.0 Å². The normalized spacial score (nSPS) is 13.3. The van der Waals surface area contributed by atoms with Crippen LogP contribution in [0.2, 0.25) is 0 Å². The summed E-state index contributed by atoms with van der Waals surface area (Å²) in [5, 5.41) is 0. The molecule has 6 heteroatoms. The van der Waals surface area contributed by atoms with Crippen molar-refractivity contribution in [1.82, 2.24) is 4.72 Å². The van der Waals surface area contributed by atoms with E-state index in [1.54, 1.807) is 6.07 Å². The van der Waals surface area contributed by atoms with E-state index in [1.165, 1.54) is 31.9 Å². The van der Waals surface area contributed by atoms with E-state index in [4.69, 9.17) is 9.47 Å². The Morgan fingerprint density at radius 1 is 0.923 bits per heavy atom. The van der Waals surface area contributed by atoms with Gasteiger partial charge in [0.15, 0.2) is 11.5 Å². The van der Waals surface area contributed by atoms with Crippen LogP contribution < -0.4 is 14.2 Å². The fourth-order valence-electron chi connectivity index (χ4n) is 2.62. The number of hydrogen-bond acceptors (Lipinski definition) is 4. The van der Waals surface area contributed by atoms with Gasteiger partial charge in [0.25, 0.3) is 0 Å². The highest BCUT2D eigenvalue weighted by Gasteiger charge is 2.21. The third kappa shape index (κ3) is 4.56. The molecule has 0 aliphatic carbocycles. The Morgan fingerprint density at radius 2 is 1.50 bits per heavy atom. The first-order valence-electron chi connectivity index (χ1n) is 8.43. The van der Waals surface area contributed by atoms with Crippen LogP contribution in [0.3, 0.4) is 0 Å². The molecule has 0 aliphatic heterocycles. The third-order valence-corrected chi connectivity index (χ3v) is 5.81. The lowest BCUT2D eigenvalue weighted by Crippen LogP contribution is -2.27. The Kier molecular flexibility index (Phi) is 5.98. The molecule has 0 aromatic heterocycles. The predicted octanol–water partition coefficient (Wildman–Crippen LogP) is 4.04. The van der Waals surface area contributed by atoms with Crippen LogP contribution in [0, 0.1) is 0 Å². The fourth-order valence-corrected chi connectivity index (χ4v) is 3.87. The zero-order chi connectivity index (χ0) is 19.5. The minimum atomic E-state index is -3.69. The Hall–Kier alpha value is -2.05. The Labute approximate surface area is 156 Å². The number of methoxy groups -OCH3 is 2. The molecule has 0 amide bonds. The molecular formula is C20H27NO4S. The van der Waals surface area contributed by atoms with Crippen LogP contribution in [0.1, 0.15) is 44.9 Å². The van der Waals surface area contributed by atoms with Crippen LogP contribution in [0.4, 0.5) is 0 Å². The van der Waals surface area contributed by atoms with E-state index in [2.05, 4.69) is 25.5 Å². The Bertz CT molecular complexity index is 852. The van der Waals surface area contributed by atoms with Gasteiger partial charge in [0.2, 0.25) is 10.0 Å². The molecule has 0 saturated heterocycles. The van der Waals surface area contributed by atoms with Crippen molar-refractivity contribution >= 4 is 10.0 Å². The quantitative estimate of drug-likeness (QED) is 0.825. The van der Waals surface area contributed by atoms with Gasteiger partial charge in [-0.2, -0.15) is 0 Å². The molecule has 0 spiro atoms. The van der Waals surface area contributed by atoms with Crippen molar-refractivity contribution in [3.05, 3.63) is 53.6 Å². The van der Waals surface area contributed by atoms with E-state index in [1.807, 2.05) is 31.2 Å². The van der Waals surface area contributed by atoms with Crippen LogP contribution in [0.25, 0.3) is 0 Å². The summed E-state index contributed by atoms with van der Waals surface area (Å²) >= 11 is 0. The second kappa shape index (κ2) is 7.68. The second-order valence-corrected chi connectivity index (χ2v) is 8.95. The highest BCUT2D eigenvalue weighted by Crippen LogP contribution is 2.30. The van der Waals surface area contributed by atoms with Gasteiger partial charge in [0.05, 0.1) is 19.1 Å². The van der Waals surface area contributed by atoms with E-state index in [0.717, 1.165) is 5.56 Å². The topological polar surface area (TPSA) is 64.6 Å². The summed E-state index contributed by atoms with van der Waals surface area (Å²) < 4.78 is 38.5. The number of benzene rings is 2. The maximum Gasteiger partial charge on any atom is 0.241 e. The van der Waals surface area contributed by atoms with E-state index in [-0.39, 0.29) is 16.4 Å². The predicted molar refractivity (Wildman–Crippen MR) is 103 cm³/mol. The molecule has 2 rings (SSSR count). The summed E-state index contributed by atoms with van der Waals surface area (Å²) in [6, 6.07) is 12.2. The van der Waals surface area contributed by atoms with Crippen molar-refractivity contribution in [3.63, 3.8) is 0 Å². The van der Waals surface area contributed by atoms with Crippen molar-refractivity contribution in [2.75, 3.05) is 14.2 Å². The van der Waals surface area contributed by atoms with Gasteiger partial charge < -0.3 is 9.47 Å². The first-order valence-corrected chi connectivity index (χ1v) is 9.91. The minimum Gasteiger partial charge on any atom is -0.493 e. The summed E-state index contributed by atoms with van der Waals surface area (Å²) in [4.78, 5) is 0.133. The standard InChI is InChI=1S/C20H27NO4S/c1-14(15-7-9-16(10-8-15)20(2,3)4)21-26(22,23)17-11-12-18(24-5)19(13-17)25-6/h7-14,21H,1-6H3/t14-/m0/s1. The summed E-state index contributed by atoms with van der Waals surface area (Å²) in [7, 11) is -0.708. The van der Waals surface area contributed by atoms with E-state index < -0.39 is 10.0 Å². The maximum absolute atomic E-state index is 12.7. The van der Waals surface area contributed by atoms with Gasteiger partial charge in [-0.3, -0.25) is 0 Å². The van der Waals surface area contributed by atoms with Crippen molar-refractivity contribution in [1.29, 1.82) is 0 Å². The number of hydrogen-bond donors (Lipinski definition) is 1. The third-order valence-electron chi connectivity index (χ3n) is 4.27. The molecule has 5 nitrogen and oxygen atoms in total. The lowest BCUT2D eigenvalue weighted by Gasteiger charge is -2.21. The first kappa shape index (κ1) is 20.3. The second-order valence-electron chi connectivity index (χ2n) is 7.23. The lowest BCUT2D eigenvalue weighted by molar-refractivity contribution is 0.354. The molecule has 0 fully saturated rings. The van der Waals surface area contributed by atoms with Gasteiger partial charge in [0.1, 0.15) is 0 Å². The van der Waals surface area contributed by atoms with Crippen LogP contribution in [0.15, 0.2) is 47.4 Å². The maximum atomic E-state index is 12.7. The smallest absolute Gasteiger partial charge is 0.241 e. The van der Waals surface area contributed by atoms with Crippen LogP contribution in [-0.4, -0.2) is 22.6 Å². The zero-order valence-electron chi connectivity index (χ0n) is 16.2. The number of sulfonamides is 1. The average molecular weight is 378 g/mol. The minimum absolute atomic E-state index is 0.0565. The molecule has 0 radical (unpaired) electrons. The summed E-state index contributed by atoms with van der Waals surface area (Å²) in [5.41, 5.74) is 2.17. The van der Waals surface area contributed by atoms with Gasteiger partial charge in [-0.25, -0.2) is 13.1 Å². The fraction of sp³-hybridized carbons (Fsp3) is 0.400. The SMILES string of the molecule is COc1ccc(S(=O)(=O)N[C@@H](C)c2ccc(C(C)(C)C)cc2)cc1OC. The largest absolute Gasteiger partial charge is 0.493 e. The molecule has 0 unspecified atom stereocenters. The lowest BCUT2D eigenvalue weighted by atomic mass is 9.86. The summed E-state index contributed by atoms with van der Waals surface area (Å²) in [6.07, 6.45) is 0. The van der Waals surface area contributed by atoms with Crippen molar-refractivity contribution in [3.8, 4) is 11.5 Å². The molecule has 142 valence electrons. The van der Waals surface area contributed by atoms with Gasteiger partial charge in [-0.05, 0) is 35.6 Å². The molecule has 0 heterocycles. The molecule has 0 bridgehead atoms. The molecular weight excluding hydrogens is 350 g/mol.